The predicted molar refractivity (Wildman–Crippen MR) is 42.2 cm³/mol. The van der Waals surface area contributed by atoms with Crippen LogP contribution in [-0.2, 0) is 4.74 Å². The Labute approximate surface area is 82.9 Å². The fourth-order valence-electron chi connectivity index (χ4n) is 0.427. The Morgan fingerprint density at radius 3 is 1.38 bits per heavy atom. The standard InChI is InChI=1S/C6H8Cl2F4O/c7-1-5(9,10)3-13-4-6(11,12)2-8/h1-4H2. The molecule has 7 heteroatoms. The first-order chi connectivity index (χ1) is 5.83. The second-order valence-electron chi connectivity index (χ2n) is 2.47. The Kier molecular flexibility index (Phi) is 5.32. The summed E-state index contributed by atoms with van der Waals surface area (Å²) in [4.78, 5) is 0. The van der Waals surface area contributed by atoms with E-state index in [1.54, 1.807) is 0 Å². The number of hydrogen-bond acceptors (Lipinski definition) is 1. The molecule has 0 atom stereocenters. The van der Waals surface area contributed by atoms with Crippen LogP contribution in [0.5, 0.6) is 0 Å². The molecule has 0 aromatic heterocycles. The van der Waals surface area contributed by atoms with Crippen molar-refractivity contribution < 1.29 is 22.3 Å². The average Bonchev–Trinajstić information content (AvgIpc) is 2.04. The minimum Gasteiger partial charge on any atom is -0.369 e. The molecule has 1 nitrogen and oxygen atoms in total. The van der Waals surface area contributed by atoms with Gasteiger partial charge in [-0.2, -0.15) is 0 Å². The van der Waals surface area contributed by atoms with Gasteiger partial charge in [0.2, 0.25) is 0 Å². The van der Waals surface area contributed by atoms with Gasteiger partial charge in [-0.15, -0.1) is 23.2 Å². The molecule has 0 aliphatic heterocycles. The van der Waals surface area contributed by atoms with Gasteiger partial charge in [0.15, 0.2) is 0 Å². The zero-order valence-electron chi connectivity index (χ0n) is 6.50. The van der Waals surface area contributed by atoms with E-state index in [1.165, 1.54) is 0 Å². The molecule has 0 saturated carbocycles. The van der Waals surface area contributed by atoms with Crippen molar-refractivity contribution in [1.82, 2.24) is 0 Å². The van der Waals surface area contributed by atoms with Crippen molar-refractivity contribution in [3.63, 3.8) is 0 Å². The SMILES string of the molecule is FC(F)(CCl)COCC(F)(F)CCl. The predicted octanol–water partition coefficient (Wildman–Crippen LogP) is 2.75. The second-order valence-corrected chi connectivity index (χ2v) is 3.01. The van der Waals surface area contributed by atoms with Crippen molar-refractivity contribution >= 4 is 23.2 Å². The molecule has 0 aliphatic carbocycles. The Morgan fingerprint density at radius 1 is 0.846 bits per heavy atom. The van der Waals surface area contributed by atoms with E-state index in [1.807, 2.05) is 0 Å². The van der Waals surface area contributed by atoms with Gasteiger partial charge in [-0.25, -0.2) is 17.6 Å². The van der Waals surface area contributed by atoms with Gasteiger partial charge < -0.3 is 4.74 Å². The third kappa shape index (κ3) is 6.35. The molecule has 0 amide bonds. The molecule has 0 aromatic carbocycles. The maximum atomic E-state index is 12.3. The van der Waals surface area contributed by atoms with Crippen molar-refractivity contribution in [2.24, 2.45) is 0 Å². The summed E-state index contributed by atoms with van der Waals surface area (Å²) < 4.78 is 53.3. The molecule has 0 aromatic rings. The van der Waals surface area contributed by atoms with Gasteiger partial charge in [0, 0.05) is 0 Å². The summed E-state index contributed by atoms with van der Waals surface area (Å²) in [5.41, 5.74) is 0. The van der Waals surface area contributed by atoms with Gasteiger partial charge >= 0.3 is 0 Å². The van der Waals surface area contributed by atoms with E-state index in [-0.39, 0.29) is 0 Å². The van der Waals surface area contributed by atoms with Crippen LogP contribution in [-0.4, -0.2) is 36.8 Å². The number of hydrogen-bond donors (Lipinski definition) is 0. The smallest absolute Gasteiger partial charge is 0.284 e. The maximum absolute atomic E-state index is 12.3. The summed E-state index contributed by atoms with van der Waals surface area (Å²) in [6, 6.07) is 0. The summed E-state index contributed by atoms with van der Waals surface area (Å²) in [5, 5.41) is 0. The second kappa shape index (κ2) is 5.22. The van der Waals surface area contributed by atoms with Crippen LogP contribution in [0.1, 0.15) is 0 Å². The van der Waals surface area contributed by atoms with Crippen molar-refractivity contribution in [1.29, 1.82) is 0 Å². The fraction of sp³-hybridized carbons (Fsp3) is 1.00. The molecule has 0 saturated heterocycles. The van der Waals surface area contributed by atoms with Gasteiger partial charge in [-0.1, -0.05) is 0 Å². The van der Waals surface area contributed by atoms with Gasteiger partial charge in [0.25, 0.3) is 11.8 Å². The van der Waals surface area contributed by atoms with Crippen LogP contribution in [0.4, 0.5) is 17.6 Å². The lowest BCUT2D eigenvalue weighted by Crippen LogP contribution is -2.31. The first kappa shape index (κ1) is 13.3. The van der Waals surface area contributed by atoms with Crippen LogP contribution < -0.4 is 0 Å². The van der Waals surface area contributed by atoms with Crippen LogP contribution in [0.15, 0.2) is 0 Å². The topological polar surface area (TPSA) is 9.23 Å². The Balaban J connectivity index is 3.68. The van der Waals surface area contributed by atoms with Crippen LogP contribution in [0.25, 0.3) is 0 Å². The van der Waals surface area contributed by atoms with E-state index in [4.69, 9.17) is 23.2 Å². The molecule has 0 unspecified atom stereocenters. The monoisotopic (exact) mass is 242 g/mol. The van der Waals surface area contributed by atoms with Gasteiger partial charge in [0.1, 0.15) is 13.2 Å². The summed E-state index contributed by atoms with van der Waals surface area (Å²) in [5.74, 6) is -8.47. The van der Waals surface area contributed by atoms with Crippen molar-refractivity contribution in [2.45, 2.75) is 11.8 Å². The van der Waals surface area contributed by atoms with E-state index in [0.717, 1.165) is 0 Å². The molecule has 0 spiro atoms. The minimum atomic E-state index is -3.27. The highest BCUT2D eigenvalue weighted by Crippen LogP contribution is 2.19. The first-order valence-electron chi connectivity index (χ1n) is 3.28. The fourth-order valence-corrected chi connectivity index (χ4v) is 0.581. The Hall–Kier alpha value is 0.260. The average molecular weight is 243 g/mol. The van der Waals surface area contributed by atoms with E-state index in [2.05, 4.69) is 4.74 Å². The number of ether oxygens (including phenoxy) is 1. The van der Waals surface area contributed by atoms with Crippen molar-refractivity contribution in [2.75, 3.05) is 25.0 Å². The summed E-state index contributed by atoms with van der Waals surface area (Å²) >= 11 is 9.67. The lowest BCUT2D eigenvalue weighted by atomic mass is 10.4. The van der Waals surface area contributed by atoms with Crippen LogP contribution in [0.2, 0.25) is 0 Å². The van der Waals surface area contributed by atoms with E-state index >= 15 is 0 Å². The number of alkyl halides is 6. The van der Waals surface area contributed by atoms with Crippen LogP contribution in [0, 0.1) is 0 Å². The molecule has 13 heavy (non-hydrogen) atoms. The number of rotatable bonds is 6. The zero-order valence-corrected chi connectivity index (χ0v) is 8.02. The lowest BCUT2D eigenvalue weighted by molar-refractivity contribution is -0.112. The molecule has 0 N–H and O–H groups in total. The molecule has 0 radical (unpaired) electrons. The third-order valence-corrected chi connectivity index (χ3v) is 1.80. The van der Waals surface area contributed by atoms with Gasteiger partial charge in [-0.3, -0.25) is 0 Å². The van der Waals surface area contributed by atoms with E-state index in [9.17, 15) is 17.6 Å². The van der Waals surface area contributed by atoms with Crippen molar-refractivity contribution in [3.05, 3.63) is 0 Å². The van der Waals surface area contributed by atoms with Gasteiger partial charge in [-0.05, 0) is 0 Å². The first-order valence-corrected chi connectivity index (χ1v) is 4.35. The maximum Gasteiger partial charge on any atom is 0.284 e. The van der Waals surface area contributed by atoms with E-state index < -0.39 is 36.8 Å². The molecule has 80 valence electrons. The minimum absolute atomic E-state index is 0.959. The Morgan fingerprint density at radius 2 is 1.15 bits per heavy atom. The molecule has 0 rings (SSSR count). The quantitative estimate of drug-likeness (QED) is 0.514. The highest BCUT2D eigenvalue weighted by Gasteiger charge is 2.32. The van der Waals surface area contributed by atoms with Crippen molar-refractivity contribution in [3.8, 4) is 0 Å². The molecule has 0 fully saturated rings. The van der Waals surface area contributed by atoms with Gasteiger partial charge in [0.05, 0.1) is 11.8 Å². The number of halogens is 6. The largest absolute Gasteiger partial charge is 0.369 e. The molecule has 0 aliphatic rings. The summed E-state index contributed by atoms with van der Waals surface area (Å²) in [7, 11) is 0. The highest BCUT2D eigenvalue weighted by atomic mass is 35.5. The Bertz CT molecular complexity index is 138. The molecule has 0 heterocycles. The molecular weight excluding hydrogens is 235 g/mol. The van der Waals surface area contributed by atoms with Crippen LogP contribution in [0.3, 0.4) is 0 Å². The van der Waals surface area contributed by atoms with E-state index in [0.29, 0.717) is 0 Å². The van der Waals surface area contributed by atoms with Crippen LogP contribution >= 0.6 is 23.2 Å². The summed E-state index contributed by atoms with van der Waals surface area (Å²) in [6.07, 6.45) is 0. The third-order valence-electron chi connectivity index (χ3n) is 1.02. The highest BCUT2D eigenvalue weighted by molar-refractivity contribution is 6.18. The lowest BCUT2D eigenvalue weighted by Gasteiger charge is -2.16. The molecular formula is C6H8Cl2F4O. The summed E-state index contributed by atoms with van der Waals surface area (Å²) in [6.45, 7) is -2.24. The zero-order chi connectivity index (χ0) is 10.5. The molecule has 0 bridgehead atoms. The normalized spacial score (nSPS) is 13.4.